The molecule has 0 aliphatic carbocycles. The average molecular weight is 579 g/mol. The minimum absolute atomic E-state index is 0.620. The van der Waals surface area contributed by atoms with Crippen LogP contribution in [0.5, 0.6) is 0 Å². The second-order valence-corrected chi connectivity index (χ2v) is 11.2. The van der Waals surface area contributed by atoms with Gasteiger partial charge in [0.25, 0.3) is 0 Å². The van der Waals surface area contributed by atoms with Crippen molar-refractivity contribution in [2.45, 2.75) is 0 Å². The third-order valence-electron chi connectivity index (χ3n) is 8.50. The molecule has 0 aliphatic rings. The molecule has 0 saturated carbocycles. The number of hydrogen-bond donors (Lipinski definition) is 0. The fraction of sp³-hybridized carbons (Fsp3) is 0. The Morgan fingerprint density at radius 3 is 1.91 bits per heavy atom. The molecule has 4 heteroatoms. The molecular weight excluding hydrogens is 552 g/mol. The lowest BCUT2D eigenvalue weighted by Gasteiger charge is -2.27. The molecule has 4 nitrogen and oxygen atoms in total. The zero-order valence-electron chi connectivity index (χ0n) is 24.2. The quantitative estimate of drug-likeness (QED) is 0.204. The van der Waals surface area contributed by atoms with Crippen molar-refractivity contribution in [2.75, 3.05) is 4.90 Å². The monoisotopic (exact) mass is 578 g/mol. The number of anilines is 3. The molecule has 0 unspecified atom stereocenters. The summed E-state index contributed by atoms with van der Waals surface area (Å²) in [6, 6.07) is 54.5. The van der Waals surface area contributed by atoms with Crippen LogP contribution in [0.3, 0.4) is 0 Å². The number of furan rings is 1. The maximum atomic E-state index is 6.43. The predicted molar refractivity (Wildman–Crippen MR) is 184 cm³/mol. The summed E-state index contributed by atoms with van der Waals surface area (Å²) >= 11 is 0. The van der Waals surface area contributed by atoms with E-state index in [0.717, 1.165) is 66.4 Å². The molecule has 7 aromatic carbocycles. The molecular formula is C41H26N2O2. The number of oxazole rings is 1. The van der Waals surface area contributed by atoms with Gasteiger partial charge in [0, 0.05) is 38.5 Å². The summed E-state index contributed by atoms with van der Waals surface area (Å²) < 4.78 is 12.6. The predicted octanol–water partition coefficient (Wildman–Crippen LogP) is 11.7. The molecule has 0 atom stereocenters. The van der Waals surface area contributed by atoms with E-state index in [1.165, 1.54) is 11.1 Å². The van der Waals surface area contributed by atoms with Gasteiger partial charge in [-0.1, -0.05) is 91.0 Å². The Bertz CT molecular complexity index is 2480. The summed E-state index contributed by atoms with van der Waals surface area (Å²) in [4.78, 5) is 7.15. The first-order chi connectivity index (χ1) is 22.3. The molecule has 0 amide bonds. The van der Waals surface area contributed by atoms with Gasteiger partial charge in [0.15, 0.2) is 5.58 Å². The number of para-hydroxylation sites is 1. The van der Waals surface area contributed by atoms with E-state index >= 15 is 0 Å². The van der Waals surface area contributed by atoms with Crippen molar-refractivity contribution in [3.8, 4) is 22.6 Å². The van der Waals surface area contributed by atoms with E-state index in [0.29, 0.717) is 5.89 Å². The Morgan fingerprint density at radius 1 is 0.422 bits per heavy atom. The minimum atomic E-state index is 0.620. The molecule has 0 saturated heterocycles. The first-order valence-electron chi connectivity index (χ1n) is 15.0. The Balaban J connectivity index is 1.25. The lowest BCUT2D eigenvalue weighted by Crippen LogP contribution is -2.10. The van der Waals surface area contributed by atoms with Crippen LogP contribution in [0.15, 0.2) is 167 Å². The van der Waals surface area contributed by atoms with Crippen LogP contribution in [0.25, 0.3) is 66.4 Å². The van der Waals surface area contributed by atoms with Crippen molar-refractivity contribution in [1.82, 2.24) is 4.98 Å². The second kappa shape index (κ2) is 10.2. The molecule has 45 heavy (non-hydrogen) atoms. The SMILES string of the molecule is c1ccc(-c2ccc(N(c3ccc4oc5ccccc5c4c3)c3cccc4c3ccc3nc(-c5ccccc5)oc34)cc2)cc1. The molecule has 9 rings (SSSR count). The fourth-order valence-electron chi connectivity index (χ4n) is 6.34. The summed E-state index contributed by atoms with van der Waals surface area (Å²) in [5.41, 5.74) is 9.83. The van der Waals surface area contributed by atoms with Crippen molar-refractivity contribution in [3.63, 3.8) is 0 Å². The van der Waals surface area contributed by atoms with Crippen LogP contribution in [0.1, 0.15) is 0 Å². The molecule has 0 spiro atoms. The Labute approximate surface area is 259 Å². The van der Waals surface area contributed by atoms with Crippen LogP contribution in [0, 0.1) is 0 Å². The molecule has 2 aromatic heterocycles. The van der Waals surface area contributed by atoms with Gasteiger partial charge in [-0.3, -0.25) is 0 Å². The van der Waals surface area contributed by atoms with Gasteiger partial charge < -0.3 is 13.7 Å². The summed E-state index contributed by atoms with van der Waals surface area (Å²) in [5.74, 6) is 0.620. The highest BCUT2D eigenvalue weighted by Gasteiger charge is 2.20. The summed E-state index contributed by atoms with van der Waals surface area (Å²) in [5, 5.41) is 4.27. The minimum Gasteiger partial charge on any atom is -0.456 e. The molecule has 0 fully saturated rings. The highest BCUT2D eigenvalue weighted by Crippen LogP contribution is 2.43. The molecule has 9 aromatic rings. The van der Waals surface area contributed by atoms with Gasteiger partial charge in [-0.15, -0.1) is 0 Å². The van der Waals surface area contributed by atoms with Crippen LogP contribution in [-0.4, -0.2) is 4.98 Å². The van der Waals surface area contributed by atoms with Crippen molar-refractivity contribution in [3.05, 3.63) is 158 Å². The molecule has 0 aliphatic heterocycles. The third-order valence-corrected chi connectivity index (χ3v) is 8.50. The van der Waals surface area contributed by atoms with E-state index in [1.807, 2.05) is 48.5 Å². The lowest BCUT2D eigenvalue weighted by molar-refractivity contribution is 0.623. The zero-order chi connectivity index (χ0) is 29.7. The molecule has 0 bridgehead atoms. The number of rotatable bonds is 5. The van der Waals surface area contributed by atoms with Gasteiger partial charge in [-0.25, -0.2) is 4.98 Å². The van der Waals surface area contributed by atoms with E-state index in [2.05, 4.69) is 114 Å². The van der Waals surface area contributed by atoms with Crippen LogP contribution >= 0.6 is 0 Å². The Morgan fingerprint density at radius 2 is 1.09 bits per heavy atom. The average Bonchev–Trinajstić information content (AvgIpc) is 3.72. The van der Waals surface area contributed by atoms with Gasteiger partial charge in [0.1, 0.15) is 16.7 Å². The number of hydrogen-bond acceptors (Lipinski definition) is 4. The third kappa shape index (κ3) is 4.27. The maximum absolute atomic E-state index is 6.43. The first kappa shape index (κ1) is 25.4. The largest absolute Gasteiger partial charge is 0.456 e. The van der Waals surface area contributed by atoms with Crippen LogP contribution in [0.4, 0.5) is 17.1 Å². The van der Waals surface area contributed by atoms with Crippen molar-refractivity contribution in [1.29, 1.82) is 0 Å². The van der Waals surface area contributed by atoms with Crippen LogP contribution in [0.2, 0.25) is 0 Å². The Hall–Kier alpha value is -6.13. The van der Waals surface area contributed by atoms with Gasteiger partial charge in [-0.2, -0.15) is 0 Å². The highest BCUT2D eigenvalue weighted by molar-refractivity contribution is 6.11. The van der Waals surface area contributed by atoms with Crippen LogP contribution < -0.4 is 4.90 Å². The van der Waals surface area contributed by atoms with E-state index in [1.54, 1.807) is 0 Å². The number of fused-ring (bicyclic) bond motifs is 6. The second-order valence-electron chi connectivity index (χ2n) is 11.2. The van der Waals surface area contributed by atoms with E-state index in [4.69, 9.17) is 13.8 Å². The molecule has 212 valence electrons. The molecule has 0 radical (unpaired) electrons. The van der Waals surface area contributed by atoms with E-state index in [-0.39, 0.29) is 0 Å². The summed E-state index contributed by atoms with van der Waals surface area (Å²) in [6.07, 6.45) is 0. The van der Waals surface area contributed by atoms with Crippen molar-refractivity contribution >= 4 is 60.9 Å². The van der Waals surface area contributed by atoms with E-state index < -0.39 is 0 Å². The van der Waals surface area contributed by atoms with Gasteiger partial charge in [0.2, 0.25) is 5.89 Å². The lowest BCUT2D eigenvalue weighted by atomic mass is 10.0. The molecule has 2 heterocycles. The van der Waals surface area contributed by atoms with E-state index in [9.17, 15) is 0 Å². The van der Waals surface area contributed by atoms with Gasteiger partial charge >= 0.3 is 0 Å². The number of benzene rings is 7. The first-order valence-corrected chi connectivity index (χ1v) is 15.0. The number of aromatic nitrogens is 1. The van der Waals surface area contributed by atoms with Crippen molar-refractivity contribution in [2.24, 2.45) is 0 Å². The van der Waals surface area contributed by atoms with Crippen molar-refractivity contribution < 1.29 is 8.83 Å². The summed E-state index contributed by atoms with van der Waals surface area (Å²) in [6.45, 7) is 0. The fourth-order valence-corrected chi connectivity index (χ4v) is 6.34. The topological polar surface area (TPSA) is 42.4 Å². The van der Waals surface area contributed by atoms with Crippen LogP contribution in [-0.2, 0) is 0 Å². The number of nitrogens with zero attached hydrogens (tertiary/aromatic N) is 2. The molecule has 0 N–H and O–H groups in total. The maximum Gasteiger partial charge on any atom is 0.227 e. The zero-order valence-corrected chi connectivity index (χ0v) is 24.2. The van der Waals surface area contributed by atoms with Gasteiger partial charge in [0.05, 0.1) is 5.69 Å². The highest BCUT2D eigenvalue weighted by atomic mass is 16.3. The standard InChI is InChI=1S/C41H26N2O2/c1-3-10-27(11-4-1)28-18-20-30(21-19-28)43(31-22-25-39-35(26-31)33-14-7-8-17-38(33)44-39)37-16-9-15-34-32(37)23-24-36-40(34)45-41(42-36)29-12-5-2-6-13-29/h1-26H. The van der Waals surface area contributed by atoms with Gasteiger partial charge in [-0.05, 0) is 77.9 Å². The summed E-state index contributed by atoms with van der Waals surface area (Å²) in [7, 11) is 0. The smallest absolute Gasteiger partial charge is 0.227 e. The Kier molecular flexibility index (Phi) is 5.78. The normalized spacial score (nSPS) is 11.6.